The van der Waals surface area contributed by atoms with Gasteiger partial charge in [-0.3, -0.25) is 0 Å². The summed E-state index contributed by atoms with van der Waals surface area (Å²) in [7, 11) is 2.23. The summed E-state index contributed by atoms with van der Waals surface area (Å²) in [5, 5.41) is 0. The Morgan fingerprint density at radius 2 is 1.44 bits per heavy atom. The van der Waals surface area contributed by atoms with E-state index in [4.69, 9.17) is 0 Å². The molecule has 0 radical (unpaired) electrons. The van der Waals surface area contributed by atoms with E-state index in [1.165, 1.54) is 57.1 Å². The summed E-state index contributed by atoms with van der Waals surface area (Å²) in [6.07, 6.45) is 9.76. The van der Waals surface area contributed by atoms with Crippen LogP contribution >= 0.6 is 0 Å². The highest BCUT2D eigenvalue weighted by Crippen LogP contribution is 2.08. The van der Waals surface area contributed by atoms with Crippen molar-refractivity contribution >= 4 is 0 Å². The van der Waals surface area contributed by atoms with Gasteiger partial charge in [-0.25, -0.2) is 0 Å². The van der Waals surface area contributed by atoms with Crippen molar-refractivity contribution in [2.75, 3.05) is 13.6 Å². The molecule has 1 aromatic carbocycles. The van der Waals surface area contributed by atoms with Crippen LogP contribution in [0.1, 0.15) is 57.4 Å². The smallest absolute Gasteiger partial charge is 0.0230 e. The van der Waals surface area contributed by atoms with E-state index in [1.807, 2.05) is 0 Å². The molecule has 0 fully saturated rings. The first-order valence-corrected chi connectivity index (χ1v) is 7.55. The first-order chi connectivity index (χ1) is 8.83. The van der Waals surface area contributed by atoms with Crippen molar-refractivity contribution in [3.63, 3.8) is 0 Å². The Balaban J connectivity index is 1.99. The number of benzene rings is 1. The van der Waals surface area contributed by atoms with Crippen molar-refractivity contribution in [3.8, 4) is 0 Å². The lowest BCUT2D eigenvalue weighted by Crippen LogP contribution is -2.18. The molecule has 0 amide bonds. The maximum Gasteiger partial charge on any atom is 0.0230 e. The van der Waals surface area contributed by atoms with Crippen molar-refractivity contribution in [2.45, 2.75) is 58.4 Å². The van der Waals surface area contributed by atoms with E-state index in [0.717, 1.165) is 6.54 Å². The molecule has 0 bridgehead atoms. The third-order valence-corrected chi connectivity index (χ3v) is 3.44. The highest BCUT2D eigenvalue weighted by atomic mass is 15.1. The first-order valence-electron chi connectivity index (χ1n) is 7.55. The molecule has 0 aliphatic carbocycles. The van der Waals surface area contributed by atoms with Gasteiger partial charge in [0.05, 0.1) is 0 Å². The second kappa shape index (κ2) is 10.1. The molecule has 0 heterocycles. The SMILES string of the molecule is CCCCCCCCCN(C)Cc1ccccc1. The van der Waals surface area contributed by atoms with Crippen molar-refractivity contribution in [3.05, 3.63) is 35.9 Å². The van der Waals surface area contributed by atoms with Crippen LogP contribution in [0, 0.1) is 0 Å². The second-order valence-electron chi connectivity index (χ2n) is 5.34. The van der Waals surface area contributed by atoms with E-state index < -0.39 is 0 Å². The van der Waals surface area contributed by atoms with Crippen molar-refractivity contribution in [1.29, 1.82) is 0 Å². The maximum absolute atomic E-state index is 2.43. The molecule has 0 saturated heterocycles. The molecular weight excluding hydrogens is 218 g/mol. The largest absolute Gasteiger partial charge is 0.302 e. The third-order valence-electron chi connectivity index (χ3n) is 3.44. The van der Waals surface area contributed by atoms with E-state index in [0.29, 0.717) is 0 Å². The van der Waals surface area contributed by atoms with Gasteiger partial charge in [-0.15, -0.1) is 0 Å². The fourth-order valence-corrected chi connectivity index (χ4v) is 2.31. The standard InChI is InChI=1S/C17H29N/c1-3-4-5-6-7-8-12-15-18(2)16-17-13-10-9-11-14-17/h9-11,13-14H,3-8,12,15-16H2,1-2H3. The number of rotatable bonds is 10. The number of unbranched alkanes of at least 4 members (excludes halogenated alkanes) is 6. The van der Waals surface area contributed by atoms with Gasteiger partial charge < -0.3 is 4.90 Å². The van der Waals surface area contributed by atoms with E-state index in [2.05, 4.69) is 49.2 Å². The summed E-state index contributed by atoms with van der Waals surface area (Å²) in [5.74, 6) is 0. The normalized spacial score (nSPS) is 11.1. The van der Waals surface area contributed by atoms with Gasteiger partial charge in [0.2, 0.25) is 0 Å². The van der Waals surface area contributed by atoms with Crippen molar-refractivity contribution in [2.24, 2.45) is 0 Å². The maximum atomic E-state index is 2.43. The van der Waals surface area contributed by atoms with Crippen LogP contribution in [0.3, 0.4) is 0 Å². The summed E-state index contributed by atoms with van der Waals surface area (Å²) >= 11 is 0. The molecule has 102 valence electrons. The van der Waals surface area contributed by atoms with Gasteiger partial charge >= 0.3 is 0 Å². The summed E-state index contributed by atoms with van der Waals surface area (Å²) in [5.41, 5.74) is 1.42. The molecule has 0 unspecified atom stereocenters. The van der Waals surface area contributed by atoms with Gasteiger partial charge in [0.25, 0.3) is 0 Å². The van der Waals surface area contributed by atoms with E-state index in [9.17, 15) is 0 Å². The Morgan fingerprint density at radius 1 is 0.833 bits per heavy atom. The van der Waals surface area contributed by atoms with Crippen LogP contribution in [0.25, 0.3) is 0 Å². The van der Waals surface area contributed by atoms with Crippen LogP contribution in [-0.4, -0.2) is 18.5 Å². The minimum Gasteiger partial charge on any atom is -0.302 e. The summed E-state index contributed by atoms with van der Waals surface area (Å²) < 4.78 is 0. The molecular formula is C17H29N. The number of nitrogens with zero attached hydrogens (tertiary/aromatic N) is 1. The average molecular weight is 247 g/mol. The van der Waals surface area contributed by atoms with E-state index in [-0.39, 0.29) is 0 Å². The average Bonchev–Trinajstić information content (AvgIpc) is 2.39. The van der Waals surface area contributed by atoms with Crippen LogP contribution < -0.4 is 0 Å². The zero-order valence-corrected chi connectivity index (χ0v) is 12.2. The topological polar surface area (TPSA) is 3.24 Å². The Labute approximate surface area is 113 Å². The molecule has 0 atom stereocenters. The molecule has 0 aromatic heterocycles. The van der Waals surface area contributed by atoms with Crippen LogP contribution in [0.2, 0.25) is 0 Å². The molecule has 0 spiro atoms. The summed E-state index contributed by atoms with van der Waals surface area (Å²) in [6.45, 7) is 4.58. The molecule has 0 aliphatic heterocycles. The zero-order chi connectivity index (χ0) is 13.1. The molecule has 1 heteroatoms. The van der Waals surface area contributed by atoms with Gasteiger partial charge in [-0.2, -0.15) is 0 Å². The lowest BCUT2D eigenvalue weighted by Gasteiger charge is -2.16. The second-order valence-corrected chi connectivity index (χ2v) is 5.34. The van der Waals surface area contributed by atoms with Crippen LogP contribution in [0.5, 0.6) is 0 Å². The highest BCUT2D eigenvalue weighted by molar-refractivity contribution is 5.14. The van der Waals surface area contributed by atoms with Gasteiger partial charge in [0.1, 0.15) is 0 Å². The molecule has 1 aromatic rings. The fourth-order valence-electron chi connectivity index (χ4n) is 2.31. The fraction of sp³-hybridized carbons (Fsp3) is 0.647. The zero-order valence-electron chi connectivity index (χ0n) is 12.2. The van der Waals surface area contributed by atoms with Crippen LogP contribution in [0.15, 0.2) is 30.3 Å². The van der Waals surface area contributed by atoms with Crippen molar-refractivity contribution < 1.29 is 0 Å². The molecule has 1 rings (SSSR count). The quantitative estimate of drug-likeness (QED) is 0.533. The Morgan fingerprint density at radius 3 is 2.11 bits per heavy atom. The number of hydrogen-bond donors (Lipinski definition) is 0. The highest BCUT2D eigenvalue weighted by Gasteiger charge is 1.99. The lowest BCUT2D eigenvalue weighted by atomic mass is 10.1. The predicted octanol–water partition coefficient (Wildman–Crippen LogP) is 4.87. The summed E-state index contributed by atoms with van der Waals surface area (Å²) in [6, 6.07) is 10.7. The molecule has 0 saturated carbocycles. The van der Waals surface area contributed by atoms with Gasteiger partial charge in [-0.05, 0) is 25.6 Å². The summed E-state index contributed by atoms with van der Waals surface area (Å²) in [4.78, 5) is 2.43. The third kappa shape index (κ3) is 7.50. The Kier molecular flexibility index (Phi) is 8.58. The molecule has 18 heavy (non-hydrogen) atoms. The van der Waals surface area contributed by atoms with Gasteiger partial charge in [-0.1, -0.05) is 75.8 Å². The van der Waals surface area contributed by atoms with Crippen LogP contribution in [-0.2, 0) is 6.54 Å². The monoisotopic (exact) mass is 247 g/mol. The lowest BCUT2D eigenvalue weighted by molar-refractivity contribution is 0.316. The minimum atomic E-state index is 1.08. The van der Waals surface area contributed by atoms with Gasteiger partial charge in [0, 0.05) is 6.54 Å². The predicted molar refractivity (Wildman–Crippen MR) is 80.8 cm³/mol. The molecule has 0 N–H and O–H groups in total. The Bertz CT molecular complexity index is 281. The minimum absolute atomic E-state index is 1.08. The first kappa shape index (κ1) is 15.2. The van der Waals surface area contributed by atoms with Gasteiger partial charge in [0.15, 0.2) is 0 Å². The van der Waals surface area contributed by atoms with Crippen molar-refractivity contribution in [1.82, 2.24) is 4.90 Å². The van der Waals surface area contributed by atoms with E-state index in [1.54, 1.807) is 0 Å². The number of hydrogen-bond acceptors (Lipinski definition) is 1. The Hall–Kier alpha value is -0.820. The molecule has 0 aliphatic rings. The van der Waals surface area contributed by atoms with E-state index >= 15 is 0 Å². The molecule has 1 nitrogen and oxygen atoms in total. The van der Waals surface area contributed by atoms with Crippen LogP contribution in [0.4, 0.5) is 0 Å².